The molecule has 1 aliphatic carbocycles. The molecule has 0 unspecified atom stereocenters. The van der Waals surface area contributed by atoms with Crippen molar-refractivity contribution in [3.8, 4) is 5.75 Å². The number of sulfonamides is 1. The minimum absolute atomic E-state index is 0.0156. The lowest BCUT2D eigenvalue weighted by Crippen LogP contribution is -2.41. The molecule has 0 aliphatic heterocycles. The van der Waals surface area contributed by atoms with Crippen molar-refractivity contribution < 1.29 is 22.3 Å². The smallest absolute Gasteiger partial charge is 0.264 e. The van der Waals surface area contributed by atoms with Gasteiger partial charge in [-0.15, -0.1) is 0 Å². The molecule has 1 amide bonds. The number of methoxy groups -OCH3 is 1. The zero-order valence-corrected chi connectivity index (χ0v) is 15.0. The van der Waals surface area contributed by atoms with Gasteiger partial charge in [0.05, 0.1) is 17.7 Å². The minimum Gasteiger partial charge on any atom is -0.497 e. The number of benzene rings is 2. The molecule has 2 aromatic rings. The Morgan fingerprint density at radius 1 is 1.15 bits per heavy atom. The van der Waals surface area contributed by atoms with Crippen LogP contribution in [0.15, 0.2) is 53.4 Å². The highest BCUT2D eigenvalue weighted by molar-refractivity contribution is 7.92. The molecular formula is C18H19FN2O4S. The first-order valence-corrected chi connectivity index (χ1v) is 9.56. The van der Waals surface area contributed by atoms with Gasteiger partial charge >= 0.3 is 0 Å². The highest BCUT2D eigenvalue weighted by Crippen LogP contribution is 2.26. The first-order valence-electron chi connectivity index (χ1n) is 8.12. The molecule has 0 heterocycles. The molecule has 8 heteroatoms. The van der Waals surface area contributed by atoms with Crippen LogP contribution in [0, 0.1) is 5.82 Å². The Hall–Kier alpha value is -2.61. The molecule has 0 radical (unpaired) electrons. The van der Waals surface area contributed by atoms with E-state index in [0.717, 1.165) is 29.3 Å². The van der Waals surface area contributed by atoms with Gasteiger partial charge in [-0.25, -0.2) is 12.8 Å². The van der Waals surface area contributed by atoms with Crippen LogP contribution in [0.2, 0.25) is 0 Å². The molecule has 6 nitrogen and oxygen atoms in total. The number of ether oxygens (including phenoxy) is 1. The summed E-state index contributed by atoms with van der Waals surface area (Å²) in [7, 11) is -2.53. The first kappa shape index (κ1) is 18.2. The van der Waals surface area contributed by atoms with Gasteiger partial charge in [0.15, 0.2) is 0 Å². The summed E-state index contributed by atoms with van der Waals surface area (Å²) in [5, 5.41) is 2.77. The van der Waals surface area contributed by atoms with E-state index in [-0.39, 0.29) is 23.2 Å². The zero-order chi connectivity index (χ0) is 18.7. The second-order valence-electron chi connectivity index (χ2n) is 6.01. The number of anilines is 1. The maximum Gasteiger partial charge on any atom is 0.264 e. The van der Waals surface area contributed by atoms with Gasteiger partial charge in [0, 0.05) is 6.04 Å². The number of hydrogen-bond donors (Lipinski definition) is 1. The number of halogens is 1. The summed E-state index contributed by atoms with van der Waals surface area (Å²) in [6.45, 7) is -0.378. The Bertz CT molecular complexity index is 878. The standard InChI is InChI=1S/C18H19FN2O4S/c1-25-16-8-10-17(11-9-16)26(23,24)21(12-18(22)20-14-4-5-14)15-6-2-13(19)3-7-15/h2-3,6-11,14H,4-5,12H2,1H3,(H,20,22). The third kappa shape index (κ3) is 4.13. The van der Waals surface area contributed by atoms with Crippen LogP contribution in [0.1, 0.15) is 12.8 Å². The van der Waals surface area contributed by atoms with Crippen molar-refractivity contribution in [2.45, 2.75) is 23.8 Å². The van der Waals surface area contributed by atoms with Crippen molar-refractivity contribution in [3.63, 3.8) is 0 Å². The van der Waals surface area contributed by atoms with Gasteiger partial charge < -0.3 is 10.1 Å². The average molecular weight is 378 g/mol. The lowest BCUT2D eigenvalue weighted by atomic mass is 10.3. The maximum absolute atomic E-state index is 13.2. The summed E-state index contributed by atoms with van der Waals surface area (Å²) in [4.78, 5) is 12.2. The number of rotatable bonds is 7. The van der Waals surface area contributed by atoms with Crippen LogP contribution < -0.4 is 14.4 Å². The molecule has 3 rings (SSSR count). The van der Waals surface area contributed by atoms with Crippen molar-refractivity contribution in [1.82, 2.24) is 5.32 Å². The van der Waals surface area contributed by atoms with E-state index in [2.05, 4.69) is 5.32 Å². The van der Waals surface area contributed by atoms with Crippen LogP contribution in [0.4, 0.5) is 10.1 Å². The van der Waals surface area contributed by atoms with E-state index in [1.54, 1.807) is 0 Å². The predicted molar refractivity (Wildman–Crippen MR) is 95.1 cm³/mol. The molecular weight excluding hydrogens is 359 g/mol. The average Bonchev–Trinajstić information content (AvgIpc) is 3.44. The van der Waals surface area contributed by atoms with Crippen LogP contribution >= 0.6 is 0 Å². The predicted octanol–water partition coefficient (Wildman–Crippen LogP) is 2.31. The zero-order valence-electron chi connectivity index (χ0n) is 14.2. The Labute approximate surface area is 151 Å². The number of carbonyl (C=O) groups excluding carboxylic acids is 1. The summed E-state index contributed by atoms with van der Waals surface area (Å²) in [5.41, 5.74) is 0.216. The fourth-order valence-electron chi connectivity index (χ4n) is 2.43. The normalized spacial score (nSPS) is 13.9. The van der Waals surface area contributed by atoms with E-state index < -0.39 is 21.7 Å². The monoisotopic (exact) mass is 378 g/mol. The van der Waals surface area contributed by atoms with Crippen molar-refractivity contribution in [1.29, 1.82) is 0 Å². The SMILES string of the molecule is COc1ccc(S(=O)(=O)N(CC(=O)NC2CC2)c2ccc(F)cc2)cc1. The van der Waals surface area contributed by atoms with Crippen LogP contribution in [0.25, 0.3) is 0 Å². The first-order chi connectivity index (χ1) is 12.4. The van der Waals surface area contributed by atoms with Gasteiger partial charge in [-0.3, -0.25) is 9.10 Å². The van der Waals surface area contributed by atoms with E-state index in [0.29, 0.717) is 5.75 Å². The molecule has 0 bridgehead atoms. The maximum atomic E-state index is 13.2. The van der Waals surface area contributed by atoms with Gasteiger partial charge in [0.25, 0.3) is 10.0 Å². The molecule has 26 heavy (non-hydrogen) atoms. The second-order valence-corrected chi connectivity index (χ2v) is 7.87. The number of nitrogens with one attached hydrogen (secondary N) is 1. The number of nitrogens with zero attached hydrogens (tertiary/aromatic N) is 1. The molecule has 1 aliphatic rings. The summed E-state index contributed by atoms with van der Waals surface area (Å²) in [6.07, 6.45) is 1.79. The highest BCUT2D eigenvalue weighted by atomic mass is 32.2. The summed E-state index contributed by atoms with van der Waals surface area (Å²) < 4.78 is 45.4. The second kappa shape index (κ2) is 7.33. The Morgan fingerprint density at radius 2 is 1.77 bits per heavy atom. The summed E-state index contributed by atoms with van der Waals surface area (Å²) in [6, 6.07) is 11.0. The van der Waals surface area contributed by atoms with Crippen LogP contribution in [0.5, 0.6) is 5.75 Å². The van der Waals surface area contributed by atoms with E-state index in [1.807, 2.05) is 0 Å². The van der Waals surface area contributed by atoms with Gasteiger partial charge in [0.1, 0.15) is 18.1 Å². The quantitative estimate of drug-likeness (QED) is 0.802. The van der Waals surface area contributed by atoms with Crippen LogP contribution in [0.3, 0.4) is 0 Å². The molecule has 1 saturated carbocycles. The van der Waals surface area contributed by atoms with E-state index in [9.17, 15) is 17.6 Å². The van der Waals surface area contributed by atoms with Crippen molar-refractivity contribution in [2.24, 2.45) is 0 Å². The third-order valence-corrected chi connectivity index (χ3v) is 5.78. The number of hydrogen-bond acceptors (Lipinski definition) is 4. The van der Waals surface area contributed by atoms with Crippen molar-refractivity contribution in [2.75, 3.05) is 18.0 Å². The summed E-state index contributed by atoms with van der Waals surface area (Å²) in [5.74, 6) is -0.365. The number of amides is 1. The highest BCUT2D eigenvalue weighted by Gasteiger charge is 2.30. The van der Waals surface area contributed by atoms with Crippen molar-refractivity contribution in [3.05, 3.63) is 54.3 Å². The molecule has 0 saturated heterocycles. The number of carbonyl (C=O) groups is 1. The summed E-state index contributed by atoms with van der Waals surface area (Å²) >= 11 is 0. The lowest BCUT2D eigenvalue weighted by molar-refractivity contribution is -0.119. The molecule has 0 atom stereocenters. The van der Waals surface area contributed by atoms with Gasteiger partial charge in [-0.05, 0) is 61.4 Å². The fourth-order valence-corrected chi connectivity index (χ4v) is 3.85. The Kier molecular flexibility index (Phi) is 5.13. The van der Waals surface area contributed by atoms with Gasteiger partial charge in [-0.2, -0.15) is 0 Å². The minimum atomic E-state index is -4.01. The Balaban J connectivity index is 1.93. The molecule has 1 N–H and O–H groups in total. The molecule has 2 aromatic carbocycles. The van der Waals surface area contributed by atoms with E-state index in [1.165, 1.54) is 43.5 Å². The van der Waals surface area contributed by atoms with Gasteiger partial charge in [0.2, 0.25) is 5.91 Å². The van der Waals surface area contributed by atoms with Crippen LogP contribution in [-0.4, -0.2) is 34.0 Å². The third-order valence-electron chi connectivity index (χ3n) is 3.99. The molecule has 1 fully saturated rings. The van der Waals surface area contributed by atoms with E-state index in [4.69, 9.17) is 4.74 Å². The Morgan fingerprint density at radius 3 is 2.31 bits per heavy atom. The lowest BCUT2D eigenvalue weighted by Gasteiger charge is -2.24. The van der Waals surface area contributed by atoms with Crippen LogP contribution in [-0.2, 0) is 14.8 Å². The molecule has 0 spiro atoms. The topological polar surface area (TPSA) is 75.7 Å². The van der Waals surface area contributed by atoms with E-state index >= 15 is 0 Å². The molecule has 0 aromatic heterocycles. The fraction of sp³-hybridized carbons (Fsp3) is 0.278. The van der Waals surface area contributed by atoms with Crippen molar-refractivity contribution >= 4 is 21.6 Å². The molecule has 138 valence electrons. The largest absolute Gasteiger partial charge is 0.497 e. The van der Waals surface area contributed by atoms with Gasteiger partial charge in [-0.1, -0.05) is 0 Å².